The summed E-state index contributed by atoms with van der Waals surface area (Å²) >= 11 is 0. The van der Waals surface area contributed by atoms with Gasteiger partial charge < -0.3 is 14.7 Å². The second kappa shape index (κ2) is 8.11. The fourth-order valence-electron chi connectivity index (χ4n) is 2.77. The molecule has 1 aromatic rings. The van der Waals surface area contributed by atoms with Crippen LogP contribution in [0.15, 0.2) is 24.3 Å². The van der Waals surface area contributed by atoms with Crippen molar-refractivity contribution < 1.29 is 19.4 Å². The maximum Gasteiger partial charge on any atom is 0.335 e. The van der Waals surface area contributed by atoms with E-state index in [0.717, 1.165) is 19.6 Å². The third kappa shape index (κ3) is 5.06. The number of benzene rings is 1. The lowest BCUT2D eigenvalue weighted by molar-refractivity contribution is -0.130. The van der Waals surface area contributed by atoms with Gasteiger partial charge in [0.15, 0.2) is 0 Å². The summed E-state index contributed by atoms with van der Waals surface area (Å²) in [4.78, 5) is 25.3. The largest absolute Gasteiger partial charge is 0.478 e. The molecule has 1 atom stereocenters. The Kier molecular flexibility index (Phi) is 6.16. The van der Waals surface area contributed by atoms with Crippen molar-refractivity contribution in [1.29, 1.82) is 0 Å². The number of ether oxygens (including phenoxy) is 1. The number of carboxylic acid groups (broad SMARTS) is 1. The number of amides is 1. The summed E-state index contributed by atoms with van der Waals surface area (Å²) in [5.41, 5.74) is 0.986. The van der Waals surface area contributed by atoms with E-state index < -0.39 is 5.97 Å². The topological polar surface area (TPSA) is 66.8 Å². The number of hydrogen-bond acceptors (Lipinski definition) is 3. The van der Waals surface area contributed by atoms with Crippen LogP contribution in [0.3, 0.4) is 0 Å². The Morgan fingerprint density at radius 1 is 1.35 bits per heavy atom. The average Bonchev–Trinajstić information content (AvgIpc) is 3.00. The van der Waals surface area contributed by atoms with Crippen LogP contribution in [0.1, 0.15) is 42.6 Å². The number of aromatic carboxylic acids is 1. The Morgan fingerprint density at radius 3 is 2.78 bits per heavy atom. The number of carboxylic acids is 1. The van der Waals surface area contributed by atoms with E-state index in [9.17, 15) is 9.59 Å². The van der Waals surface area contributed by atoms with E-state index in [-0.39, 0.29) is 17.6 Å². The molecule has 126 valence electrons. The molecule has 23 heavy (non-hydrogen) atoms. The van der Waals surface area contributed by atoms with Gasteiger partial charge in [-0.3, -0.25) is 4.79 Å². The molecule has 1 amide bonds. The molecule has 1 aliphatic heterocycles. The highest BCUT2D eigenvalue weighted by atomic mass is 16.5. The lowest BCUT2D eigenvalue weighted by Gasteiger charge is -2.17. The van der Waals surface area contributed by atoms with E-state index in [1.54, 1.807) is 24.3 Å². The molecule has 0 aromatic heterocycles. The van der Waals surface area contributed by atoms with Gasteiger partial charge in [0.25, 0.3) is 0 Å². The summed E-state index contributed by atoms with van der Waals surface area (Å²) in [6, 6.07) is 6.85. The third-order valence-corrected chi connectivity index (χ3v) is 4.02. The molecular formula is C18H25NO4. The summed E-state index contributed by atoms with van der Waals surface area (Å²) in [5, 5.41) is 9.17. The van der Waals surface area contributed by atoms with E-state index in [1.807, 2.05) is 4.90 Å². The standard InChI is InChI=1S/C18H25NO4/c1-13(2)12-23-15-9-10-19(11-15)17(20)8-7-14-5-3-4-6-16(14)18(21)22/h3-6,13,15H,7-12H2,1-2H3,(H,21,22). The van der Waals surface area contributed by atoms with Crippen LogP contribution in [0, 0.1) is 5.92 Å². The van der Waals surface area contributed by atoms with Gasteiger partial charge >= 0.3 is 5.97 Å². The first-order valence-corrected chi connectivity index (χ1v) is 8.18. The summed E-state index contributed by atoms with van der Waals surface area (Å²) in [6.45, 7) is 6.31. The monoisotopic (exact) mass is 319 g/mol. The predicted octanol–water partition coefficient (Wildman–Crippen LogP) is 2.59. The number of carbonyl (C=O) groups is 2. The summed E-state index contributed by atoms with van der Waals surface area (Å²) in [6.07, 6.45) is 1.80. The average molecular weight is 319 g/mol. The van der Waals surface area contributed by atoms with Crippen molar-refractivity contribution in [2.45, 2.75) is 39.2 Å². The van der Waals surface area contributed by atoms with Crippen LogP contribution < -0.4 is 0 Å². The zero-order valence-corrected chi connectivity index (χ0v) is 13.8. The lowest BCUT2D eigenvalue weighted by Crippen LogP contribution is -2.30. The first-order chi connectivity index (χ1) is 11.0. The van der Waals surface area contributed by atoms with Crippen molar-refractivity contribution in [3.63, 3.8) is 0 Å². The number of hydrogen-bond donors (Lipinski definition) is 1. The molecule has 5 heteroatoms. The molecule has 0 bridgehead atoms. The van der Waals surface area contributed by atoms with Crippen LogP contribution in [-0.4, -0.2) is 47.7 Å². The van der Waals surface area contributed by atoms with Crippen molar-refractivity contribution in [2.75, 3.05) is 19.7 Å². The molecule has 1 fully saturated rings. The van der Waals surface area contributed by atoms with Gasteiger partial charge in [-0.15, -0.1) is 0 Å². The zero-order chi connectivity index (χ0) is 16.8. The van der Waals surface area contributed by atoms with E-state index in [4.69, 9.17) is 9.84 Å². The second-order valence-electron chi connectivity index (χ2n) is 6.44. The Labute approximate surface area is 137 Å². The third-order valence-electron chi connectivity index (χ3n) is 4.02. The van der Waals surface area contributed by atoms with Gasteiger partial charge in [-0.25, -0.2) is 4.79 Å². The summed E-state index contributed by atoms with van der Waals surface area (Å²) in [7, 11) is 0. The molecule has 1 unspecified atom stereocenters. The molecule has 1 aliphatic rings. The van der Waals surface area contributed by atoms with E-state index >= 15 is 0 Å². The van der Waals surface area contributed by atoms with Gasteiger partial charge in [-0.05, 0) is 30.4 Å². The first-order valence-electron chi connectivity index (χ1n) is 8.18. The van der Waals surface area contributed by atoms with Crippen LogP contribution in [0.4, 0.5) is 0 Å². The van der Waals surface area contributed by atoms with Gasteiger partial charge in [0.05, 0.1) is 11.7 Å². The van der Waals surface area contributed by atoms with Gasteiger partial charge in [0, 0.05) is 26.1 Å². The molecule has 1 N–H and O–H groups in total. The smallest absolute Gasteiger partial charge is 0.335 e. The van der Waals surface area contributed by atoms with Crippen molar-refractivity contribution in [3.8, 4) is 0 Å². The highest BCUT2D eigenvalue weighted by Gasteiger charge is 2.26. The number of aryl methyl sites for hydroxylation is 1. The minimum absolute atomic E-state index is 0.0702. The SMILES string of the molecule is CC(C)COC1CCN(C(=O)CCc2ccccc2C(=O)O)C1. The van der Waals surface area contributed by atoms with Crippen molar-refractivity contribution in [2.24, 2.45) is 5.92 Å². The molecule has 1 aromatic carbocycles. The Balaban J connectivity index is 1.83. The van der Waals surface area contributed by atoms with Crippen LogP contribution in [0.25, 0.3) is 0 Å². The summed E-state index contributed by atoms with van der Waals surface area (Å²) in [5.74, 6) is -0.385. The van der Waals surface area contributed by atoms with E-state index in [1.165, 1.54) is 0 Å². The fourth-order valence-corrected chi connectivity index (χ4v) is 2.77. The van der Waals surface area contributed by atoms with Crippen LogP contribution in [-0.2, 0) is 16.0 Å². The maximum absolute atomic E-state index is 12.3. The number of likely N-dealkylation sites (tertiary alicyclic amines) is 1. The Hall–Kier alpha value is -1.88. The van der Waals surface area contributed by atoms with Gasteiger partial charge in [-0.2, -0.15) is 0 Å². The second-order valence-corrected chi connectivity index (χ2v) is 6.44. The molecule has 0 saturated carbocycles. The van der Waals surface area contributed by atoms with Crippen LogP contribution in [0.2, 0.25) is 0 Å². The highest BCUT2D eigenvalue weighted by molar-refractivity contribution is 5.89. The van der Waals surface area contributed by atoms with Crippen LogP contribution >= 0.6 is 0 Å². The number of nitrogens with zero attached hydrogens (tertiary/aromatic N) is 1. The van der Waals surface area contributed by atoms with Crippen molar-refractivity contribution >= 4 is 11.9 Å². The van der Waals surface area contributed by atoms with E-state index in [2.05, 4.69) is 13.8 Å². The molecule has 0 aliphatic carbocycles. The van der Waals surface area contributed by atoms with Gasteiger partial charge in [0.1, 0.15) is 0 Å². The number of carbonyl (C=O) groups excluding carboxylic acids is 1. The molecule has 2 rings (SSSR count). The van der Waals surface area contributed by atoms with Crippen molar-refractivity contribution in [1.82, 2.24) is 4.90 Å². The van der Waals surface area contributed by atoms with E-state index in [0.29, 0.717) is 30.9 Å². The maximum atomic E-state index is 12.3. The summed E-state index contributed by atoms with van der Waals surface area (Å²) < 4.78 is 5.79. The minimum atomic E-state index is -0.948. The minimum Gasteiger partial charge on any atom is -0.478 e. The normalized spacial score (nSPS) is 17.7. The van der Waals surface area contributed by atoms with Gasteiger partial charge in [0.2, 0.25) is 5.91 Å². The van der Waals surface area contributed by atoms with Crippen molar-refractivity contribution in [3.05, 3.63) is 35.4 Å². The lowest BCUT2D eigenvalue weighted by atomic mass is 10.0. The highest BCUT2D eigenvalue weighted by Crippen LogP contribution is 2.17. The predicted molar refractivity (Wildman–Crippen MR) is 87.5 cm³/mol. The molecule has 5 nitrogen and oxygen atoms in total. The Bertz CT molecular complexity index is 556. The number of rotatable bonds is 7. The molecule has 0 spiro atoms. The Morgan fingerprint density at radius 2 is 2.09 bits per heavy atom. The fraction of sp³-hybridized carbons (Fsp3) is 0.556. The molecule has 0 radical (unpaired) electrons. The first kappa shape index (κ1) is 17.5. The molecule has 1 heterocycles. The molecular weight excluding hydrogens is 294 g/mol. The van der Waals surface area contributed by atoms with Gasteiger partial charge in [-0.1, -0.05) is 32.0 Å². The zero-order valence-electron chi connectivity index (χ0n) is 13.8. The van der Waals surface area contributed by atoms with Crippen LogP contribution in [0.5, 0.6) is 0 Å². The quantitative estimate of drug-likeness (QED) is 0.839. The molecule has 1 saturated heterocycles.